The Bertz CT molecular complexity index is 467. The Morgan fingerprint density at radius 2 is 2.10 bits per heavy atom. The Morgan fingerprint density at radius 1 is 1.40 bits per heavy atom. The zero-order valence-corrected chi connectivity index (χ0v) is 12.5. The molecule has 0 heterocycles. The summed E-state index contributed by atoms with van der Waals surface area (Å²) in [6.45, 7) is 2.23. The predicted molar refractivity (Wildman–Crippen MR) is 80.7 cm³/mol. The van der Waals surface area contributed by atoms with Crippen LogP contribution in [-0.2, 0) is 0 Å². The molecule has 2 rings (SSSR count). The average Bonchev–Trinajstić information content (AvgIpc) is 2.42. The minimum Gasteiger partial charge on any atom is -0.349 e. The van der Waals surface area contributed by atoms with Crippen molar-refractivity contribution in [2.45, 2.75) is 38.6 Å². The van der Waals surface area contributed by atoms with Crippen LogP contribution in [0.4, 0.5) is 4.39 Å². The minimum absolute atomic E-state index is 0. The lowest BCUT2D eigenvalue weighted by atomic mass is 9.84. The van der Waals surface area contributed by atoms with Gasteiger partial charge in [0.15, 0.2) is 0 Å². The molecule has 1 saturated carbocycles. The van der Waals surface area contributed by atoms with Crippen LogP contribution in [-0.4, -0.2) is 18.5 Å². The van der Waals surface area contributed by atoms with E-state index in [1.165, 1.54) is 6.07 Å². The normalized spacial score (nSPS) is 21.9. The number of halogens is 2. The van der Waals surface area contributed by atoms with Gasteiger partial charge in [-0.05, 0) is 43.9 Å². The largest absolute Gasteiger partial charge is 0.349 e. The summed E-state index contributed by atoms with van der Waals surface area (Å²) < 4.78 is 13.9. The lowest BCUT2D eigenvalue weighted by Gasteiger charge is -2.31. The summed E-state index contributed by atoms with van der Waals surface area (Å²) in [7, 11) is 0. The fourth-order valence-electron chi connectivity index (χ4n) is 2.75. The second kappa shape index (κ2) is 7.60. The fraction of sp³-hybridized carbons (Fsp3) is 0.533. The average molecular weight is 301 g/mol. The fourth-order valence-corrected chi connectivity index (χ4v) is 2.75. The first kappa shape index (κ1) is 16.9. The monoisotopic (exact) mass is 300 g/mol. The van der Waals surface area contributed by atoms with Gasteiger partial charge in [-0.15, -0.1) is 12.4 Å². The Kier molecular flexibility index (Phi) is 6.43. The molecule has 1 aliphatic carbocycles. The first-order chi connectivity index (χ1) is 9.13. The van der Waals surface area contributed by atoms with Crippen LogP contribution in [0.1, 0.15) is 41.6 Å². The number of carbonyl (C=O) groups is 1. The van der Waals surface area contributed by atoms with E-state index in [2.05, 4.69) is 5.32 Å². The molecule has 1 aliphatic rings. The van der Waals surface area contributed by atoms with Gasteiger partial charge in [0.25, 0.3) is 5.91 Å². The SMILES string of the molecule is Cc1cccc(C(=O)NC2CCCCC2CN)c1F.Cl. The number of nitrogens with two attached hydrogens (primary N) is 1. The van der Waals surface area contributed by atoms with Crippen LogP contribution in [0.15, 0.2) is 18.2 Å². The Hall–Kier alpha value is -1.13. The van der Waals surface area contributed by atoms with Gasteiger partial charge in [-0.2, -0.15) is 0 Å². The molecular formula is C15H22ClFN2O. The van der Waals surface area contributed by atoms with Gasteiger partial charge >= 0.3 is 0 Å². The molecule has 3 N–H and O–H groups in total. The van der Waals surface area contributed by atoms with Crippen molar-refractivity contribution in [2.75, 3.05) is 6.54 Å². The molecule has 20 heavy (non-hydrogen) atoms. The second-order valence-corrected chi connectivity index (χ2v) is 5.30. The highest BCUT2D eigenvalue weighted by atomic mass is 35.5. The zero-order chi connectivity index (χ0) is 13.8. The van der Waals surface area contributed by atoms with Gasteiger partial charge in [0.1, 0.15) is 5.82 Å². The molecule has 1 aromatic carbocycles. The highest BCUT2D eigenvalue weighted by molar-refractivity contribution is 5.94. The lowest BCUT2D eigenvalue weighted by Crippen LogP contribution is -2.44. The molecule has 3 nitrogen and oxygen atoms in total. The molecule has 1 fully saturated rings. The molecule has 0 aromatic heterocycles. The number of rotatable bonds is 3. The summed E-state index contributed by atoms with van der Waals surface area (Å²) in [5, 5.41) is 2.95. The highest BCUT2D eigenvalue weighted by Gasteiger charge is 2.26. The van der Waals surface area contributed by atoms with Crippen LogP contribution in [0.5, 0.6) is 0 Å². The summed E-state index contributed by atoms with van der Waals surface area (Å²) in [6.07, 6.45) is 4.23. The van der Waals surface area contributed by atoms with Crippen LogP contribution in [0.2, 0.25) is 0 Å². The third-order valence-corrected chi connectivity index (χ3v) is 3.96. The van der Waals surface area contributed by atoms with Gasteiger partial charge in [-0.25, -0.2) is 4.39 Å². The molecule has 5 heteroatoms. The second-order valence-electron chi connectivity index (χ2n) is 5.30. The summed E-state index contributed by atoms with van der Waals surface area (Å²) in [6, 6.07) is 4.97. The number of aryl methyl sites for hydroxylation is 1. The Labute approximate surface area is 125 Å². The maximum atomic E-state index is 13.9. The molecule has 0 spiro atoms. The van der Waals surface area contributed by atoms with E-state index in [1.807, 2.05) is 0 Å². The first-order valence-corrected chi connectivity index (χ1v) is 6.89. The van der Waals surface area contributed by atoms with Gasteiger partial charge in [0.05, 0.1) is 5.56 Å². The maximum absolute atomic E-state index is 13.9. The maximum Gasteiger partial charge on any atom is 0.254 e. The van der Waals surface area contributed by atoms with Crippen LogP contribution < -0.4 is 11.1 Å². The van der Waals surface area contributed by atoms with E-state index in [1.54, 1.807) is 19.1 Å². The number of hydrogen-bond donors (Lipinski definition) is 2. The molecule has 112 valence electrons. The lowest BCUT2D eigenvalue weighted by molar-refractivity contribution is 0.0904. The summed E-state index contributed by atoms with van der Waals surface area (Å²) in [4.78, 5) is 12.2. The van der Waals surface area contributed by atoms with E-state index < -0.39 is 5.82 Å². The van der Waals surface area contributed by atoms with Crippen molar-refractivity contribution in [2.24, 2.45) is 11.7 Å². The summed E-state index contributed by atoms with van der Waals surface area (Å²) >= 11 is 0. The molecular weight excluding hydrogens is 279 g/mol. The van der Waals surface area contributed by atoms with Gasteiger partial charge < -0.3 is 11.1 Å². The van der Waals surface area contributed by atoms with Gasteiger partial charge in [-0.3, -0.25) is 4.79 Å². The molecule has 0 saturated heterocycles. The van der Waals surface area contributed by atoms with Crippen molar-refractivity contribution < 1.29 is 9.18 Å². The van der Waals surface area contributed by atoms with Gasteiger partial charge in [0, 0.05) is 6.04 Å². The highest BCUT2D eigenvalue weighted by Crippen LogP contribution is 2.24. The van der Waals surface area contributed by atoms with Crippen molar-refractivity contribution in [3.05, 3.63) is 35.1 Å². The third kappa shape index (κ3) is 3.70. The van der Waals surface area contributed by atoms with E-state index in [0.29, 0.717) is 18.0 Å². The van der Waals surface area contributed by atoms with Crippen molar-refractivity contribution in [3.63, 3.8) is 0 Å². The molecule has 1 amide bonds. The smallest absolute Gasteiger partial charge is 0.254 e. The predicted octanol–water partition coefficient (Wildman–Crippen LogP) is 2.80. The molecule has 0 radical (unpaired) electrons. The molecule has 1 aromatic rings. The van der Waals surface area contributed by atoms with Gasteiger partial charge in [0.2, 0.25) is 0 Å². The third-order valence-electron chi connectivity index (χ3n) is 3.96. The zero-order valence-electron chi connectivity index (χ0n) is 11.7. The number of amides is 1. The van der Waals surface area contributed by atoms with Crippen LogP contribution in [0.3, 0.4) is 0 Å². The molecule has 2 unspecified atom stereocenters. The topological polar surface area (TPSA) is 55.1 Å². The minimum atomic E-state index is -0.430. The van der Waals surface area contributed by atoms with Crippen molar-refractivity contribution in [1.29, 1.82) is 0 Å². The number of nitrogens with one attached hydrogen (secondary N) is 1. The van der Waals surface area contributed by atoms with Crippen molar-refractivity contribution in [3.8, 4) is 0 Å². The van der Waals surface area contributed by atoms with E-state index in [4.69, 9.17) is 5.73 Å². The van der Waals surface area contributed by atoms with Crippen molar-refractivity contribution >= 4 is 18.3 Å². The Morgan fingerprint density at radius 3 is 2.80 bits per heavy atom. The number of benzene rings is 1. The molecule has 0 aliphatic heterocycles. The first-order valence-electron chi connectivity index (χ1n) is 6.89. The van der Waals surface area contributed by atoms with E-state index in [0.717, 1.165) is 25.7 Å². The quantitative estimate of drug-likeness (QED) is 0.902. The van der Waals surface area contributed by atoms with E-state index in [-0.39, 0.29) is 29.9 Å². The molecule has 2 atom stereocenters. The molecule has 0 bridgehead atoms. The van der Waals surface area contributed by atoms with Crippen LogP contribution in [0.25, 0.3) is 0 Å². The standard InChI is InChI=1S/C15H21FN2O.ClH/c1-10-5-4-7-12(14(10)16)15(19)18-13-8-3-2-6-11(13)9-17;/h4-5,7,11,13H,2-3,6,8-9,17H2,1H3,(H,18,19);1H. The van der Waals surface area contributed by atoms with E-state index in [9.17, 15) is 9.18 Å². The number of carbonyl (C=O) groups excluding carboxylic acids is 1. The van der Waals surface area contributed by atoms with E-state index >= 15 is 0 Å². The van der Waals surface area contributed by atoms with Crippen LogP contribution in [0, 0.1) is 18.7 Å². The van der Waals surface area contributed by atoms with Crippen molar-refractivity contribution in [1.82, 2.24) is 5.32 Å². The Balaban J connectivity index is 0.00000200. The summed E-state index contributed by atoms with van der Waals surface area (Å²) in [5.74, 6) is -0.447. The summed E-state index contributed by atoms with van der Waals surface area (Å²) in [5.41, 5.74) is 6.36. The van der Waals surface area contributed by atoms with Gasteiger partial charge in [-0.1, -0.05) is 25.0 Å². The number of hydrogen-bond acceptors (Lipinski definition) is 2. The van der Waals surface area contributed by atoms with Crippen LogP contribution >= 0.6 is 12.4 Å².